The van der Waals surface area contributed by atoms with Gasteiger partial charge in [0.25, 0.3) is 5.91 Å². The van der Waals surface area contributed by atoms with E-state index in [0.717, 1.165) is 23.1 Å². The van der Waals surface area contributed by atoms with E-state index in [1.165, 1.54) is 35.2 Å². The number of amides is 1. The highest BCUT2D eigenvalue weighted by molar-refractivity contribution is 6.10. The number of nitrogens with zero attached hydrogens (tertiary/aromatic N) is 7. The molecule has 0 aliphatic carbocycles. The number of pyridine rings is 1. The molecule has 256 valence electrons. The molecule has 1 atom stereocenters. The number of aliphatic hydroxyl groups excluding tert-OH is 1. The molecule has 0 spiro atoms. The minimum atomic E-state index is -4.79. The van der Waals surface area contributed by atoms with Gasteiger partial charge < -0.3 is 15.0 Å². The lowest BCUT2D eigenvalue weighted by Gasteiger charge is -2.20. The summed E-state index contributed by atoms with van der Waals surface area (Å²) in [7, 11) is 1.62. The number of aryl methyl sites for hydroxylation is 1. The van der Waals surface area contributed by atoms with E-state index in [1.807, 2.05) is 11.0 Å². The van der Waals surface area contributed by atoms with Crippen molar-refractivity contribution >= 4 is 17.5 Å². The first-order valence-corrected chi connectivity index (χ1v) is 15.4. The van der Waals surface area contributed by atoms with Gasteiger partial charge in [0, 0.05) is 50.8 Å². The number of anilines is 2. The molecule has 0 saturated carbocycles. The summed E-state index contributed by atoms with van der Waals surface area (Å²) in [4.78, 5) is 21.3. The topological polar surface area (TPSA) is 123 Å². The highest BCUT2D eigenvalue weighted by Gasteiger charge is 2.41. The summed E-state index contributed by atoms with van der Waals surface area (Å²) in [5.41, 5.74) is -1.51. The van der Waals surface area contributed by atoms with E-state index < -0.39 is 42.0 Å². The van der Waals surface area contributed by atoms with Crippen molar-refractivity contribution in [2.24, 2.45) is 7.05 Å². The number of benzene rings is 2. The molecule has 0 unspecified atom stereocenters. The van der Waals surface area contributed by atoms with Gasteiger partial charge in [0.15, 0.2) is 5.82 Å². The van der Waals surface area contributed by atoms with Gasteiger partial charge in [-0.1, -0.05) is 0 Å². The number of carbonyl (C=O) groups excluding carboxylic acids is 1. The first-order chi connectivity index (χ1) is 23.2. The van der Waals surface area contributed by atoms with Gasteiger partial charge in [-0.05, 0) is 77.6 Å². The van der Waals surface area contributed by atoms with Gasteiger partial charge >= 0.3 is 12.4 Å². The highest BCUT2D eigenvalue weighted by Crippen LogP contribution is 2.42. The summed E-state index contributed by atoms with van der Waals surface area (Å²) in [5.74, 6) is -0.440. The summed E-state index contributed by atoms with van der Waals surface area (Å²) >= 11 is 0. The van der Waals surface area contributed by atoms with Crippen molar-refractivity contribution in [1.82, 2.24) is 24.6 Å². The molecule has 1 fully saturated rings. The lowest BCUT2D eigenvalue weighted by Crippen LogP contribution is -2.25. The lowest BCUT2D eigenvalue weighted by molar-refractivity contribution is -0.138. The van der Waals surface area contributed by atoms with Crippen LogP contribution in [0.25, 0.3) is 22.5 Å². The van der Waals surface area contributed by atoms with Crippen molar-refractivity contribution in [2.45, 2.75) is 50.8 Å². The molecule has 49 heavy (non-hydrogen) atoms. The fourth-order valence-corrected chi connectivity index (χ4v) is 6.18. The Morgan fingerprint density at radius 2 is 1.84 bits per heavy atom. The molecule has 2 aliphatic rings. The van der Waals surface area contributed by atoms with E-state index in [-0.39, 0.29) is 70.4 Å². The van der Waals surface area contributed by atoms with Crippen molar-refractivity contribution in [3.05, 3.63) is 76.6 Å². The summed E-state index contributed by atoms with van der Waals surface area (Å²) in [6, 6.07) is 10.4. The summed E-state index contributed by atoms with van der Waals surface area (Å²) in [6.45, 7) is 0.668. The maximum absolute atomic E-state index is 14.4. The van der Waals surface area contributed by atoms with E-state index in [1.54, 1.807) is 7.05 Å². The Morgan fingerprint density at radius 1 is 1.04 bits per heavy atom. The third kappa shape index (κ3) is 7.08. The van der Waals surface area contributed by atoms with Gasteiger partial charge in [-0.2, -0.15) is 31.6 Å². The standard InChI is InChI=1S/C33H30F6N8O2/c1-45-18-42-44-30(45)23-5-4-21(32(34,35)36)14-24(23)20-12-28(41-8-3-2-7-40)43-29(13-20)47-17-26-25(31(47)49)10-19(11-27(26)33(37,38)39)15-46-9-6-22(48)16-46/h4-5,10-14,18,22,48H,2-3,6,8-9,15-17H2,1H3,(H,41,43)/t22-/m0/s1. The normalized spacial score (nSPS) is 16.7. The van der Waals surface area contributed by atoms with Crippen LogP contribution in [0.3, 0.4) is 0 Å². The first kappa shape index (κ1) is 33.9. The number of hydrogen-bond donors (Lipinski definition) is 2. The average molecular weight is 685 g/mol. The molecule has 1 saturated heterocycles. The summed E-state index contributed by atoms with van der Waals surface area (Å²) in [6.07, 6.45) is -7.58. The van der Waals surface area contributed by atoms with Crippen molar-refractivity contribution in [3.8, 4) is 28.6 Å². The zero-order valence-corrected chi connectivity index (χ0v) is 26.1. The third-order valence-electron chi connectivity index (χ3n) is 8.53. The molecular weight excluding hydrogens is 654 g/mol. The van der Waals surface area contributed by atoms with Gasteiger partial charge in [-0.3, -0.25) is 14.6 Å². The Balaban J connectivity index is 1.46. The SMILES string of the molecule is Cn1cnnc1-c1ccc(C(F)(F)F)cc1-c1cc(NCCCC#N)nc(N2Cc3c(cc(CN4CC[C@H](O)C4)cc3C(F)(F)F)C2=O)c1. The number of β-amino-alcohol motifs (C(OH)–C–C–N with tert-alkyl or cyclic N) is 1. The molecule has 2 aromatic heterocycles. The first-order valence-electron chi connectivity index (χ1n) is 15.4. The third-order valence-corrected chi connectivity index (χ3v) is 8.53. The number of rotatable bonds is 9. The number of nitriles is 1. The number of hydrogen-bond acceptors (Lipinski definition) is 8. The zero-order chi connectivity index (χ0) is 35.1. The number of unbranched alkanes of at least 4 members (excludes halogenated alkanes) is 1. The van der Waals surface area contributed by atoms with Gasteiger partial charge in [-0.15, -0.1) is 10.2 Å². The number of halogens is 6. The van der Waals surface area contributed by atoms with Gasteiger partial charge in [0.2, 0.25) is 0 Å². The van der Waals surface area contributed by atoms with Crippen LogP contribution in [0.4, 0.5) is 38.0 Å². The quantitative estimate of drug-likeness (QED) is 0.162. The van der Waals surface area contributed by atoms with Crippen LogP contribution in [0.1, 0.15) is 51.9 Å². The molecule has 6 rings (SSSR count). The molecule has 0 radical (unpaired) electrons. The molecular formula is C33H30F6N8O2. The number of aromatic nitrogens is 4. The molecule has 0 bridgehead atoms. The maximum atomic E-state index is 14.4. The van der Waals surface area contributed by atoms with E-state index in [2.05, 4.69) is 20.5 Å². The molecule has 1 amide bonds. The van der Waals surface area contributed by atoms with Crippen LogP contribution in [0.2, 0.25) is 0 Å². The summed E-state index contributed by atoms with van der Waals surface area (Å²) < 4.78 is 86.6. The van der Waals surface area contributed by atoms with Crippen molar-refractivity contribution in [1.29, 1.82) is 5.26 Å². The Hall–Kier alpha value is -5.01. The van der Waals surface area contributed by atoms with Gasteiger partial charge in [0.05, 0.1) is 29.8 Å². The van der Waals surface area contributed by atoms with Crippen LogP contribution in [0.5, 0.6) is 0 Å². The van der Waals surface area contributed by atoms with Crippen molar-refractivity contribution in [2.75, 3.05) is 29.9 Å². The number of nitrogens with one attached hydrogen (secondary N) is 1. The van der Waals surface area contributed by atoms with Gasteiger partial charge in [-0.25, -0.2) is 4.98 Å². The minimum Gasteiger partial charge on any atom is -0.392 e. The lowest BCUT2D eigenvalue weighted by atomic mass is 9.96. The summed E-state index contributed by atoms with van der Waals surface area (Å²) in [5, 5.41) is 29.8. The molecule has 4 aromatic rings. The Kier molecular flexibility index (Phi) is 9.07. The largest absolute Gasteiger partial charge is 0.416 e. The Bertz CT molecular complexity index is 1930. The predicted octanol–water partition coefficient (Wildman–Crippen LogP) is 6.02. The van der Waals surface area contributed by atoms with E-state index >= 15 is 0 Å². The molecule has 16 heteroatoms. The van der Waals surface area contributed by atoms with Crippen LogP contribution in [-0.2, 0) is 32.5 Å². The highest BCUT2D eigenvalue weighted by atomic mass is 19.4. The number of likely N-dealkylation sites (tertiary alicyclic amines) is 1. The maximum Gasteiger partial charge on any atom is 0.416 e. The number of carbonyl (C=O) groups is 1. The van der Waals surface area contributed by atoms with Crippen molar-refractivity contribution in [3.63, 3.8) is 0 Å². The van der Waals surface area contributed by atoms with Gasteiger partial charge in [0.1, 0.15) is 18.0 Å². The van der Waals surface area contributed by atoms with E-state index in [4.69, 9.17) is 5.26 Å². The Labute approximate surface area is 276 Å². The molecule has 10 nitrogen and oxygen atoms in total. The molecule has 4 heterocycles. The minimum absolute atomic E-state index is 0.0740. The van der Waals surface area contributed by atoms with Crippen molar-refractivity contribution < 1.29 is 36.2 Å². The number of aliphatic hydroxyl groups is 1. The predicted molar refractivity (Wildman–Crippen MR) is 166 cm³/mol. The van der Waals surface area contributed by atoms with Crippen LogP contribution in [0, 0.1) is 11.3 Å². The fraction of sp³-hybridized carbons (Fsp3) is 0.364. The second kappa shape index (κ2) is 13.1. The zero-order valence-electron chi connectivity index (χ0n) is 26.1. The smallest absolute Gasteiger partial charge is 0.392 e. The second-order valence-electron chi connectivity index (χ2n) is 12.0. The number of fused-ring (bicyclic) bond motifs is 1. The molecule has 2 N–H and O–H groups in total. The van der Waals surface area contributed by atoms with Crippen LogP contribution < -0.4 is 10.2 Å². The monoisotopic (exact) mass is 684 g/mol. The fourth-order valence-electron chi connectivity index (χ4n) is 6.18. The average Bonchev–Trinajstić information content (AvgIpc) is 3.75. The van der Waals surface area contributed by atoms with Crippen LogP contribution in [0.15, 0.2) is 48.8 Å². The Morgan fingerprint density at radius 3 is 2.49 bits per heavy atom. The van der Waals surface area contributed by atoms with E-state index in [9.17, 15) is 36.2 Å². The number of alkyl halides is 6. The second-order valence-corrected chi connectivity index (χ2v) is 12.0. The van der Waals surface area contributed by atoms with Crippen LogP contribution >= 0.6 is 0 Å². The van der Waals surface area contributed by atoms with Crippen LogP contribution in [-0.4, -0.2) is 61.4 Å². The van der Waals surface area contributed by atoms with E-state index in [0.29, 0.717) is 25.9 Å². The molecule has 2 aromatic carbocycles. The molecule has 2 aliphatic heterocycles.